The number of pyridine rings is 1. The van der Waals surface area contributed by atoms with E-state index in [1.165, 1.54) is 10.8 Å². The van der Waals surface area contributed by atoms with Gasteiger partial charge in [0.2, 0.25) is 0 Å². The molecule has 6 aromatic carbocycles. The van der Waals surface area contributed by atoms with E-state index in [1.54, 1.807) is 0 Å². The lowest BCUT2D eigenvalue weighted by molar-refractivity contribution is 0.669. The molecule has 0 N–H and O–H groups in total. The molecule has 0 spiro atoms. The number of thiol groups is 1. The Kier molecular flexibility index (Phi) is 5.90. The summed E-state index contributed by atoms with van der Waals surface area (Å²) in [6.45, 7) is 0. The van der Waals surface area contributed by atoms with Crippen LogP contribution < -0.4 is 0 Å². The molecule has 0 aliphatic rings. The van der Waals surface area contributed by atoms with E-state index < -0.39 is 0 Å². The first-order valence-electron chi connectivity index (χ1n) is 15.0. The average Bonchev–Trinajstić information content (AvgIpc) is 3.63. The number of aromatic nitrogens is 2. The molecule has 212 valence electrons. The van der Waals surface area contributed by atoms with Crippen LogP contribution in [0.25, 0.3) is 83.1 Å². The molecule has 9 aromatic rings. The largest absolute Gasteiger partial charge is 0.456 e. The van der Waals surface area contributed by atoms with Crippen molar-refractivity contribution in [2.24, 2.45) is 0 Å². The van der Waals surface area contributed by atoms with Gasteiger partial charge in [-0.2, -0.15) is 0 Å². The van der Waals surface area contributed by atoms with Crippen LogP contribution in [0.3, 0.4) is 0 Å². The van der Waals surface area contributed by atoms with Gasteiger partial charge >= 0.3 is 0 Å². The van der Waals surface area contributed by atoms with E-state index in [9.17, 15) is 0 Å². The molecule has 0 bridgehead atoms. The first-order valence-corrected chi connectivity index (χ1v) is 15.5. The zero-order chi connectivity index (χ0) is 29.9. The van der Waals surface area contributed by atoms with Crippen LogP contribution in [0.2, 0.25) is 0 Å². The lowest BCUT2D eigenvalue weighted by atomic mass is 10.0. The van der Waals surface area contributed by atoms with Gasteiger partial charge in [0, 0.05) is 32.0 Å². The fraction of sp³-hybridized carbons (Fsp3) is 0. The summed E-state index contributed by atoms with van der Waals surface area (Å²) in [7, 11) is 0. The van der Waals surface area contributed by atoms with Gasteiger partial charge in [-0.1, -0.05) is 91.0 Å². The van der Waals surface area contributed by atoms with Crippen LogP contribution >= 0.6 is 12.6 Å². The van der Waals surface area contributed by atoms with Crippen LogP contribution in [0.15, 0.2) is 161 Å². The maximum atomic E-state index is 6.10. The SMILES string of the molecule is Sc1cccc(-c2cc(-c3ccccc3)cc(-n3c4ccccc4c4cc(-c5ccc6oc7ccccc7c6c5)ccc43)n2)c1. The molecule has 0 radical (unpaired) electrons. The minimum Gasteiger partial charge on any atom is -0.456 e. The van der Waals surface area contributed by atoms with E-state index >= 15 is 0 Å². The van der Waals surface area contributed by atoms with Crippen molar-refractivity contribution >= 4 is 56.4 Å². The molecule has 9 rings (SSSR count). The van der Waals surface area contributed by atoms with Crippen LogP contribution in [-0.4, -0.2) is 9.55 Å². The van der Waals surface area contributed by atoms with Gasteiger partial charge in [-0.05, 0) is 82.9 Å². The molecule has 3 heterocycles. The normalized spacial score (nSPS) is 11.7. The van der Waals surface area contributed by atoms with Crippen molar-refractivity contribution in [3.8, 4) is 39.3 Å². The van der Waals surface area contributed by atoms with Gasteiger partial charge in [0.15, 0.2) is 0 Å². The zero-order valence-corrected chi connectivity index (χ0v) is 25.1. The number of nitrogens with zero attached hydrogens (tertiary/aromatic N) is 2. The predicted molar refractivity (Wildman–Crippen MR) is 189 cm³/mol. The maximum absolute atomic E-state index is 6.10. The molecule has 0 amide bonds. The minimum atomic E-state index is 0.876. The van der Waals surface area contributed by atoms with Crippen LogP contribution in [0.4, 0.5) is 0 Å². The standard InChI is InChI=1S/C41H26N2OS/c45-31-12-8-11-29(21-31)36-24-30(26-9-2-1-3-10-26)25-41(42-36)43-37-15-6-4-13-32(37)34-22-27(17-19-38(34)43)28-18-20-40-35(23-28)33-14-5-7-16-39(33)44-40/h1-25,45H. The fourth-order valence-electron chi connectivity index (χ4n) is 6.55. The van der Waals surface area contributed by atoms with Crippen LogP contribution in [-0.2, 0) is 0 Å². The van der Waals surface area contributed by atoms with E-state index in [0.717, 1.165) is 77.2 Å². The number of furan rings is 1. The number of para-hydroxylation sites is 2. The second-order valence-corrected chi connectivity index (χ2v) is 11.9. The quantitative estimate of drug-likeness (QED) is 0.206. The first-order chi connectivity index (χ1) is 22.2. The highest BCUT2D eigenvalue weighted by Crippen LogP contribution is 2.38. The number of rotatable bonds is 4. The molecule has 0 saturated heterocycles. The van der Waals surface area contributed by atoms with E-state index in [0.29, 0.717) is 0 Å². The Hall–Kier alpha value is -5.58. The molecule has 3 nitrogen and oxygen atoms in total. The Bertz CT molecular complexity index is 2560. The molecule has 0 aliphatic heterocycles. The monoisotopic (exact) mass is 594 g/mol. The van der Waals surface area contributed by atoms with E-state index in [2.05, 4.69) is 139 Å². The van der Waals surface area contributed by atoms with Crippen molar-refractivity contribution < 1.29 is 4.42 Å². The van der Waals surface area contributed by atoms with Crippen molar-refractivity contribution in [1.29, 1.82) is 0 Å². The molecular formula is C41H26N2OS. The first kappa shape index (κ1) is 25.9. The summed E-state index contributed by atoms with van der Waals surface area (Å²) in [4.78, 5) is 6.18. The zero-order valence-electron chi connectivity index (χ0n) is 24.2. The third-order valence-electron chi connectivity index (χ3n) is 8.67. The summed E-state index contributed by atoms with van der Waals surface area (Å²) in [5.41, 5.74) is 10.6. The molecule has 45 heavy (non-hydrogen) atoms. The summed E-state index contributed by atoms with van der Waals surface area (Å²) in [5.74, 6) is 0.876. The Labute approximate surface area is 265 Å². The lowest BCUT2D eigenvalue weighted by Gasteiger charge is -2.13. The number of hydrogen-bond donors (Lipinski definition) is 1. The highest BCUT2D eigenvalue weighted by Gasteiger charge is 2.17. The van der Waals surface area contributed by atoms with Gasteiger partial charge in [-0.15, -0.1) is 12.6 Å². The van der Waals surface area contributed by atoms with Gasteiger partial charge in [0.05, 0.1) is 16.7 Å². The number of benzene rings is 6. The number of fused-ring (bicyclic) bond motifs is 6. The third kappa shape index (κ3) is 4.34. The van der Waals surface area contributed by atoms with Crippen molar-refractivity contribution in [3.63, 3.8) is 0 Å². The Morgan fingerprint density at radius 3 is 2.00 bits per heavy atom. The maximum Gasteiger partial charge on any atom is 0.138 e. The highest BCUT2D eigenvalue weighted by atomic mass is 32.1. The molecule has 4 heteroatoms. The Morgan fingerprint density at radius 2 is 1.13 bits per heavy atom. The van der Waals surface area contributed by atoms with E-state index in [-0.39, 0.29) is 0 Å². The Balaban J connectivity index is 1.27. The molecule has 0 aliphatic carbocycles. The summed E-state index contributed by atoms with van der Waals surface area (Å²) in [6.07, 6.45) is 0. The minimum absolute atomic E-state index is 0.876. The summed E-state index contributed by atoms with van der Waals surface area (Å²) >= 11 is 4.62. The molecule has 0 saturated carbocycles. The van der Waals surface area contributed by atoms with Gasteiger partial charge in [0.1, 0.15) is 17.0 Å². The second-order valence-electron chi connectivity index (χ2n) is 11.4. The van der Waals surface area contributed by atoms with Crippen molar-refractivity contribution in [1.82, 2.24) is 9.55 Å². The molecule has 0 unspecified atom stereocenters. The summed E-state index contributed by atoms with van der Waals surface area (Å²) < 4.78 is 8.39. The van der Waals surface area contributed by atoms with Gasteiger partial charge in [-0.25, -0.2) is 4.98 Å². The van der Waals surface area contributed by atoms with Crippen LogP contribution in [0, 0.1) is 0 Å². The van der Waals surface area contributed by atoms with E-state index in [1.807, 2.05) is 30.3 Å². The van der Waals surface area contributed by atoms with Crippen molar-refractivity contribution in [2.75, 3.05) is 0 Å². The summed E-state index contributed by atoms with van der Waals surface area (Å²) in [5, 5.41) is 4.64. The van der Waals surface area contributed by atoms with Crippen molar-refractivity contribution in [3.05, 3.63) is 152 Å². The Morgan fingerprint density at radius 1 is 0.444 bits per heavy atom. The second kappa shape index (κ2) is 10.3. The fourth-order valence-corrected chi connectivity index (χ4v) is 6.77. The summed E-state index contributed by atoms with van der Waals surface area (Å²) in [6, 6.07) is 53.1. The molecule has 0 atom stereocenters. The van der Waals surface area contributed by atoms with Gasteiger partial charge < -0.3 is 4.42 Å². The average molecular weight is 595 g/mol. The highest BCUT2D eigenvalue weighted by molar-refractivity contribution is 7.80. The number of hydrogen-bond acceptors (Lipinski definition) is 3. The van der Waals surface area contributed by atoms with Crippen LogP contribution in [0.1, 0.15) is 0 Å². The molecular weight excluding hydrogens is 569 g/mol. The van der Waals surface area contributed by atoms with Gasteiger partial charge in [-0.3, -0.25) is 4.57 Å². The molecule has 0 fully saturated rings. The smallest absolute Gasteiger partial charge is 0.138 e. The van der Waals surface area contributed by atoms with Gasteiger partial charge in [0.25, 0.3) is 0 Å². The third-order valence-corrected chi connectivity index (χ3v) is 8.95. The van der Waals surface area contributed by atoms with Crippen LogP contribution in [0.5, 0.6) is 0 Å². The lowest BCUT2D eigenvalue weighted by Crippen LogP contribution is -2.00. The topological polar surface area (TPSA) is 31.0 Å². The predicted octanol–water partition coefficient (Wildman–Crippen LogP) is 11.4. The van der Waals surface area contributed by atoms with E-state index in [4.69, 9.17) is 9.40 Å². The molecule has 3 aromatic heterocycles. The van der Waals surface area contributed by atoms with Crippen molar-refractivity contribution in [2.45, 2.75) is 4.90 Å².